The highest BCUT2D eigenvalue weighted by molar-refractivity contribution is 8.18. The number of hydrogen-bond donors (Lipinski definition) is 0. The minimum absolute atomic E-state index is 0.246. The van der Waals surface area contributed by atoms with Gasteiger partial charge in [0.25, 0.3) is 11.1 Å². The Labute approximate surface area is 145 Å². The number of amides is 2. The number of para-hydroxylation sites is 1. The lowest BCUT2D eigenvalue weighted by Crippen LogP contribution is -2.27. The van der Waals surface area contributed by atoms with Crippen LogP contribution < -0.4 is 4.74 Å². The molecule has 24 heavy (non-hydrogen) atoms. The molecule has 3 rings (SSSR count). The average Bonchev–Trinajstić information content (AvgIpc) is 2.85. The van der Waals surface area contributed by atoms with E-state index in [2.05, 4.69) is 0 Å². The molecule has 0 aromatic heterocycles. The molecule has 2 aromatic rings. The number of thioether (sulfide) groups is 1. The largest absolute Gasteiger partial charge is 0.493 e. The van der Waals surface area contributed by atoms with Crippen LogP contribution in [-0.2, 0) is 11.3 Å². The third-order valence-electron chi connectivity index (χ3n) is 3.56. The minimum atomic E-state index is -0.264. The third kappa shape index (κ3) is 3.51. The summed E-state index contributed by atoms with van der Waals surface area (Å²) in [4.78, 5) is 26.5. The zero-order valence-corrected chi connectivity index (χ0v) is 14.1. The Kier molecular flexibility index (Phi) is 5.01. The fraction of sp³-hybridized carbons (Fsp3) is 0.158. The van der Waals surface area contributed by atoms with Gasteiger partial charge in [0.1, 0.15) is 5.75 Å². The van der Waals surface area contributed by atoms with Gasteiger partial charge in [0.05, 0.1) is 18.1 Å². The summed E-state index contributed by atoms with van der Waals surface area (Å²) in [6.45, 7) is 2.74. The molecule has 1 heterocycles. The van der Waals surface area contributed by atoms with Crippen LogP contribution in [0.3, 0.4) is 0 Å². The zero-order valence-electron chi connectivity index (χ0n) is 13.3. The molecule has 0 spiro atoms. The van der Waals surface area contributed by atoms with Crippen LogP contribution in [0, 0.1) is 0 Å². The third-order valence-corrected chi connectivity index (χ3v) is 4.47. The van der Waals surface area contributed by atoms with Crippen LogP contribution in [0.4, 0.5) is 4.79 Å². The van der Waals surface area contributed by atoms with Crippen LogP contribution in [0.15, 0.2) is 59.5 Å². The highest BCUT2D eigenvalue weighted by Crippen LogP contribution is 2.34. The van der Waals surface area contributed by atoms with Gasteiger partial charge in [0, 0.05) is 5.56 Å². The first-order chi connectivity index (χ1) is 11.7. The lowest BCUT2D eigenvalue weighted by Gasteiger charge is -2.12. The maximum atomic E-state index is 12.6. The fourth-order valence-corrected chi connectivity index (χ4v) is 3.26. The van der Waals surface area contributed by atoms with Gasteiger partial charge in [-0.15, -0.1) is 0 Å². The predicted octanol–water partition coefficient (Wildman–Crippen LogP) is 4.32. The normalized spacial score (nSPS) is 16.0. The molecule has 0 radical (unpaired) electrons. The van der Waals surface area contributed by atoms with Gasteiger partial charge in [-0.1, -0.05) is 48.5 Å². The summed E-state index contributed by atoms with van der Waals surface area (Å²) in [5.74, 6) is 0.440. The van der Waals surface area contributed by atoms with E-state index in [0.29, 0.717) is 17.3 Å². The quantitative estimate of drug-likeness (QED) is 0.761. The van der Waals surface area contributed by atoms with E-state index in [4.69, 9.17) is 4.74 Å². The molecule has 0 unspecified atom stereocenters. The second kappa shape index (κ2) is 7.36. The zero-order chi connectivity index (χ0) is 16.9. The molecule has 2 aromatic carbocycles. The standard InChI is InChI=1S/C19H17NO3S/c1-2-23-16-11-7-6-10-15(16)12-17-18(21)20(19(22)24-17)13-14-8-4-3-5-9-14/h3-12H,2,13H2,1H3. The Bertz CT molecular complexity index is 786. The molecular weight excluding hydrogens is 322 g/mol. The van der Waals surface area contributed by atoms with Crippen molar-refractivity contribution in [3.63, 3.8) is 0 Å². The Balaban J connectivity index is 1.83. The lowest BCUT2D eigenvalue weighted by molar-refractivity contribution is -0.123. The van der Waals surface area contributed by atoms with Gasteiger partial charge in [0.2, 0.25) is 0 Å². The number of imide groups is 1. The van der Waals surface area contributed by atoms with Crippen LogP contribution in [-0.4, -0.2) is 22.7 Å². The Morgan fingerprint density at radius 3 is 2.50 bits per heavy atom. The van der Waals surface area contributed by atoms with Crippen LogP contribution >= 0.6 is 11.8 Å². The number of carbonyl (C=O) groups is 2. The minimum Gasteiger partial charge on any atom is -0.493 e. The summed E-state index contributed by atoms with van der Waals surface area (Å²) in [5, 5.41) is -0.246. The molecule has 0 N–H and O–H groups in total. The van der Waals surface area contributed by atoms with Gasteiger partial charge in [-0.05, 0) is 36.4 Å². The summed E-state index contributed by atoms with van der Waals surface area (Å²) in [6.07, 6.45) is 1.72. The van der Waals surface area contributed by atoms with E-state index in [-0.39, 0.29) is 17.7 Å². The second-order valence-electron chi connectivity index (χ2n) is 5.22. The van der Waals surface area contributed by atoms with E-state index in [1.807, 2.05) is 61.5 Å². The Morgan fingerprint density at radius 2 is 1.75 bits per heavy atom. The van der Waals surface area contributed by atoms with Crippen molar-refractivity contribution in [1.82, 2.24) is 4.90 Å². The number of rotatable bonds is 5. The molecule has 1 aliphatic heterocycles. The molecule has 4 nitrogen and oxygen atoms in total. The number of carbonyl (C=O) groups excluding carboxylic acids is 2. The topological polar surface area (TPSA) is 46.6 Å². The van der Waals surface area contributed by atoms with Gasteiger partial charge in [-0.3, -0.25) is 14.5 Å². The van der Waals surface area contributed by atoms with Crippen LogP contribution in [0.2, 0.25) is 0 Å². The maximum absolute atomic E-state index is 12.6. The van der Waals surface area contributed by atoms with E-state index in [1.165, 1.54) is 4.90 Å². The smallest absolute Gasteiger partial charge is 0.293 e. The monoisotopic (exact) mass is 339 g/mol. The van der Waals surface area contributed by atoms with E-state index >= 15 is 0 Å². The number of hydrogen-bond acceptors (Lipinski definition) is 4. The molecule has 1 saturated heterocycles. The number of nitrogens with zero attached hydrogens (tertiary/aromatic N) is 1. The first kappa shape index (κ1) is 16.3. The van der Waals surface area contributed by atoms with Crippen LogP contribution in [0.5, 0.6) is 5.75 Å². The highest BCUT2D eigenvalue weighted by atomic mass is 32.2. The summed E-state index contributed by atoms with van der Waals surface area (Å²) in [5.41, 5.74) is 1.72. The van der Waals surface area contributed by atoms with Crippen molar-refractivity contribution in [2.75, 3.05) is 6.61 Å². The average molecular weight is 339 g/mol. The van der Waals surface area contributed by atoms with Crippen molar-refractivity contribution in [2.45, 2.75) is 13.5 Å². The van der Waals surface area contributed by atoms with Crippen molar-refractivity contribution in [3.8, 4) is 5.75 Å². The van der Waals surface area contributed by atoms with E-state index in [9.17, 15) is 9.59 Å². The number of ether oxygens (including phenoxy) is 1. The van der Waals surface area contributed by atoms with Crippen molar-refractivity contribution in [2.24, 2.45) is 0 Å². The van der Waals surface area contributed by atoms with Gasteiger partial charge >= 0.3 is 0 Å². The maximum Gasteiger partial charge on any atom is 0.293 e. The van der Waals surface area contributed by atoms with Crippen LogP contribution in [0.25, 0.3) is 6.08 Å². The van der Waals surface area contributed by atoms with Gasteiger partial charge in [0.15, 0.2) is 0 Å². The second-order valence-corrected chi connectivity index (χ2v) is 6.22. The molecule has 0 aliphatic carbocycles. The fourth-order valence-electron chi connectivity index (χ4n) is 2.43. The van der Waals surface area contributed by atoms with Gasteiger partial charge < -0.3 is 4.74 Å². The van der Waals surface area contributed by atoms with Crippen molar-refractivity contribution in [3.05, 3.63) is 70.6 Å². The van der Waals surface area contributed by atoms with Gasteiger partial charge in [-0.2, -0.15) is 0 Å². The van der Waals surface area contributed by atoms with E-state index < -0.39 is 0 Å². The van der Waals surface area contributed by atoms with E-state index in [1.54, 1.807) is 6.08 Å². The Hall–Kier alpha value is -2.53. The SMILES string of the molecule is CCOc1ccccc1C=C1SC(=O)N(Cc2ccccc2)C1=O. The summed E-state index contributed by atoms with van der Waals surface area (Å²) >= 11 is 0.966. The molecule has 0 atom stereocenters. The molecule has 1 aliphatic rings. The first-order valence-corrected chi connectivity index (χ1v) is 8.52. The van der Waals surface area contributed by atoms with Crippen molar-refractivity contribution in [1.29, 1.82) is 0 Å². The summed E-state index contributed by atoms with van der Waals surface area (Å²) in [7, 11) is 0. The predicted molar refractivity (Wildman–Crippen MR) is 95.6 cm³/mol. The number of benzene rings is 2. The summed E-state index contributed by atoms with van der Waals surface area (Å²) < 4.78 is 5.57. The molecule has 0 saturated carbocycles. The van der Waals surface area contributed by atoms with E-state index in [0.717, 1.165) is 22.9 Å². The molecule has 1 fully saturated rings. The molecule has 0 bridgehead atoms. The van der Waals surface area contributed by atoms with Gasteiger partial charge in [-0.25, -0.2) is 0 Å². The van der Waals surface area contributed by atoms with Crippen molar-refractivity contribution < 1.29 is 14.3 Å². The molecule has 2 amide bonds. The first-order valence-electron chi connectivity index (χ1n) is 7.70. The van der Waals surface area contributed by atoms with Crippen LogP contribution in [0.1, 0.15) is 18.1 Å². The Morgan fingerprint density at radius 1 is 1.04 bits per heavy atom. The van der Waals surface area contributed by atoms with Crippen molar-refractivity contribution >= 4 is 29.0 Å². The highest BCUT2D eigenvalue weighted by Gasteiger charge is 2.35. The summed E-state index contributed by atoms with van der Waals surface area (Å²) in [6, 6.07) is 17.0. The lowest BCUT2D eigenvalue weighted by atomic mass is 10.1. The molecule has 5 heteroatoms. The molecule has 122 valence electrons. The molecular formula is C19H17NO3S.